The third kappa shape index (κ3) is 5.83. The second-order valence-electron chi connectivity index (χ2n) is 5.44. The van der Waals surface area contributed by atoms with Gasteiger partial charge in [0.15, 0.2) is 0 Å². The predicted octanol–water partition coefficient (Wildman–Crippen LogP) is 1.49. The molecule has 0 aromatic heterocycles. The quantitative estimate of drug-likeness (QED) is 0.609. The van der Waals surface area contributed by atoms with Crippen LogP contribution in [0.4, 0.5) is 0 Å². The molecule has 0 aliphatic carbocycles. The van der Waals surface area contributed by atoms with Crippen LogP contribution in [0, 0.1) is 0 Å². The molecule has 20 heavy (non-hydrogen) atoms. The van der Waals surface area contributed by atoms with E-state index in [0.717, 1.165) is 38.6 Å². The van der Waals surface area contributed by atoms with Crippen LogP contribution in [-0.2, 0) is 9.47 Å². The smallest absolute Gasteiger partial charge is 0.104 e. The van der Waals surface area contributed by atoms with Crippen molar-refractivity contribution in [3.63, 3.8) is 0 Å². The van der Waals surface area contributed by atoms with Crippen molar-refractivity contribution in [2.24, 2.45) is 0 Å². The highest BCUT2D eigenvalue weighted by atomic mass is 32.2. The molecule has 112 valence electrons. The van der Waals surface area contributed by atoms with Crippen molar-refractivity contribution in [3.05, 3.63) is 30.3 Å². The predicted molar refractivity (Wildman–Crippen MR) is 83.6 cm³/mol. The maximum absolute atomic E-state index is 5.75. The Labute approximate surface area is 126 Å². The van der Waals surface area contributed by atoms with Crippen LogP contribution in [0.15, 0.2) is 35.2 Å². The van der Waals surface area contributed by atoms with Gasteiger partial charge in [0.05, 0.1) is 13.2 Å². The lowest BCUT2D eigenvalue weighted by Gasteiger charge is -2.32. The molecule has 1 N–H and O–H groups in total. The van der Waals surface area contributed by atoms with E-state index >= 15 is 0 Å². The lowest BCUT2D eigenvalue weighted by Crippen LogP contribution is -3.15. The Bertz CT molecular complexity index is 364. The van der Waals surface area contributed by atoms with Crippen molar-refractivity contribution in [3.8, 4) is 0 Å². The Kier molecular flexibility index (Phi) is 6.87. The van der Waals surface area contributed by atoms with Crippen molar-refractivity contribution in [2.45, 2.75) is 31.0 Å². The number of ether oxygens (including phenoxy) is 2. The maximum atomic E-state index is 5.75. The van der Waals surface area contributed by atoms with Crippen molar-refractivity contribution in [2.75, 3.05) is 38.6 Å². The Hall–Kier alpha value is -0.550. The van der Waals surface area contributed by atoms with Crippen molar-refractivity contribution < 1.29 is 14.4 Å². The van der Waals surface area contributed by atoms with Crippen LogP contribution in [0.2, 0.25) is 0 Å². The standard InChI is InChI=1S/C16H25NO2S/c1-14-12-17(13-15(2)19-14)8-9-18-10-11-20-16-6-4-3-5-7-16/h3-7,14-15H,8-13H2,1-2H3/p+1/t14-,15-/m0/s1. The van der Waals surface area contributed by atoms with Crippen LogP contribution < -0.4 is 4.90 Å². The van der Waals surface area contributed by atoms with E-state index in [1.165, 1.54) is 4.90 Å². The zero-order valence-corrected chi connectivity index (χ0v) is 13.3. The maximum Gasteiger partial charge on any atom is 0.104 e. The van der Waals surface area contributed by atoms with Gasteiger partial charge in [0.2, 0.25) is 0 Å². The molecular formula is C16H26NO2S+. The molecule has 1 aromatic carbocycles. The van der Waals surface area contributed by atoms with E-state index in [1.54, 1.807) is 4.90 Å². The van der Waals surface area contributed by atoms with Crippen LogP contribution in [0.3, 0.4) is 0 Å². The minimum absolute atomic E-state index is 0.377. The normalized spacial score (nSPS) is 26.6. The third-order valence-electron chi connectivity index (χ3n) is 3.46. The minimum atomic E-state index is 0.377. The van der Waals surface area contributed by atoms with Crippen LogP contribution >= 0.6 is 11.8 Å². The zero-order chi connectivity index (χ0) is 14.2. The molecule has 0 amide bonds. The lowest BCUT2D eigenvalue weighted by atomic mass is 10.2. The molecule has 0 bridgehead atoms. The van der Waals surface area contributed by atoms with Gasteiger partial charge in [-0.1, -0.05) is 18.2 Å². The number of benzene rings is 1. The van der Waals surface area contributed by atoms with Gasteiger partial charge < -0.3 is 14.4 Å². The molecule has 0 radical (unpaired) electrons. The molecule has 0 saturated carbocycles. The summed E-state index contributed by atoms with van der Waals surface area (Å²) in [5.41, 5.74) is 0. The monoisotopic (exact) mass is 296 g/mol. The first-order chi connectivity index (χ1) is 9.74. The van der Waals surface area contributed by atoms with Gasteiger partial charge in [-0.2, -0.15) is 0 Å². The molecule has 1 aromatic rings. The number of hydrogen-bond acceptors (Lipinski definition) is 3. The topological polar surface area (TPSA) is 22.9 Å². The average Bonchev–Trinajstić information content (AvgIpc) is 2.43. The molecular weight excluding hydrogens is 270 g/mol. The Morgan fingerprint density at radius 2 is 1.85 bits per heavy atom. The van der Waals surface area contributed by atoms with Gasteiger partial charge in [-0.05, 0) is 26.0 Å². The van der Waals surface area contributed by atoms with E-state index in [4.69, 9.17) is 9.47 Å². The summed E-state index contributed by atoms with van der Waals surface area (Å²) in [6.45, 7) is 9.30. The summed E-state index contributed by atoms with van der Waals surface area (Å²) in [7, 11) is 0. The van der Waals surface area contributed by atoms with Crippen LogP contribution in [0.5, 0.6) is 0 Å². The van der Waals surface area contributed by atoms with E-state index in [1.807, 2.05) is 17.8 Å². The first-order valence-electron chi connectivity index (χ1n) is 7.48. The number of rotatable bonds is 7. The van der Waals surface area contributed by atoms with Gasteiger partial charge in [-0.15, -0.1) is 11.8 Å². The molecule has 0 unspecified atom stereocenters. The number of thioether (sulfide) groups is 1. The van der Waals surface area contributed by atoms with Crippen molar-refractivity contribution in [1.82, 2.24) is 0 Å². The van der Waals surface area contributed by atoms with Gasteiger partial charge in [0, 0.05) is 10.6 Å². The summed E-state index contributed by atoms with van der Waals surface area (Å²) in [6.07, 6.45) is 0.754. The van der Waals surface area contributed by atoms with E-state index in [-0.39, 0.29) is 0 Å². The largest absolute Gasteiger partial charge is 0.375 e. The Morgan fingerprint density at radius 1 is 1.15 bits per heavy atom. The molecule has 0 spiro atoms. The Morgan fingerprint density at radius 3 is 2.55 bits per heavy atom. The van der Waals surface area contributed by atoms with E-state index in [9.17, 15) is 0 Å². The Balaban J connectivity index is 1.51. The fourth-order valence-electron chi connectivity index (χ4n) is 2.65. The molecule has 2 atom stereocenters. The highest BCUT2D eigenvalue weighted by Gasteiger charge is 2.24. The van der Waals surface area contributed by atoms with Crippen LogP contribution in [0.25, 0.3) is 0 Å². The molecule has 1 heterocycles. The molecule has 1 saturated heterocycles. The fourth-order valence-corrected chi connectivity index (χ4v) is 3.43. The first kappa shape index (κ1) is 15.8. The highest BCUT2D eigenvalue weighted by Crippen LogP contribution is 2.16. The highest BCUT2D eigenvalue weighted by molar-refractivity contribution is 7.99. The molecule has 1 fully saturated rings. The molecule has 3 nitrogen and oxygen atoms in total. The molecule has 4 heteroatoms. The first-order valence-corrected chi connectivity index (χ1v) is 8.47. The van der Waals surface area contributed by atoms with Crippen LogP contribution in [0.1, 0.15) is 13.8 Å². The summed E-state index contributed by atoms with van der Waals surface area (Å²) in [5.74, 6) is 1.02. The van der Waals surface area contributed by atoms with Gasteiger partial charge in [-0.25, -0.2) is 0 Å². The van der Waals surface area contributed by atoms with Gasteiger partial charge in [0.1, 0.15) is 31.8 Å². The zero-order valence-electron chi connectivity index (χ0n) is 12.5. The van der Waals surface area contributed by atoms with E-state index in [2.05, 4.69) is 38.1 Å². The minimum Gasteiger partial charge on any atom is -0.375 e. The lowest BCUT2D eigenvalue weighted by molar-refractivity contribution is -0.915. The number of quaternary nitrogens is 1. The fraction of sp³-hybridized carbons (Fsp3) is 0.625. The van der Waals surface area contributed by atoms with Gasteiger partial charge in [0.25, 0.3) is 0 Å². The molecule has 1 aliphatic heterocycles. The van der Waals surface area contributed by atoms with Crippen LogP contribution in [-0.4, -0.2) is 50.8 Å². The molecule has 2 rings (SSSR count). The number of hydrogen-bond donors (Lipinski definition) is 1. The van der Waals surface area contributed by atoms with E-state index < -0.39 is 0 Å². The number of nitrogens with one attached hydrogen (secondary N) is 1. The number of morpholine rings is 1. The third-order valence-corrected chi connectivity index (χ3v) is 4.43. The van der Waals surface area contributed by atoms with Crippen molar-refractivity contribution in [1.29, 1.82) is 0 Å². The second-order valence-corrected chi connectivity index (χ2v) is 6.61. The second kappa shape index (κ2) is 8.67. The van der Waals surface area contributed by atoms with Gasteiger partial charge in [-0.3, -0.25) is 0 Å². The summed E-state index contributed by atoms with van der Waals surface area (Å²) in [6, 6.07) is 10.5. The summed E-state index contributed by atoms with van der Waals surface area (Å²) in [4.78, 5) is 2.92. The summed E-state index contributed by atoms with van der Waals surface area (Å²) in [5, 5.41) is 0. The summed E-state index contributed by atoms with van der Waals surface area (Å²) >= 11 is 1.86. The van der Waals surface area contributed by atoms with Gasteiger partial charge >= 0.3 is 0 Å². The van der Waals surface area contributed by atoms with E-state index in [0.29, 0.717) is 12.2 Å². The summed E-state index contributed by atoms with van der Waals surface area (Å²) < 4.78 is 11.5. The van der Waals surface area contributed by atoms with Crippen molar-refractivity contribution >= 4 is 11.8 Å². The molecule has 1 aliphatic rings. The SMILES string of the molecule is C[C@H]1C[NH+](CCOCCSc2ccccc2)C[C@H](C)O1. The average molecular weight is 296 g/mol.